The summed E-state index contributed by atoms with van der Waals surface area (Å²) < 4.78 is 18.5. The highest BCUT2D eigenvalue weighted by molar-refractivity contribution is 5.42. The third-order valence-electron chi connectivity index (χ3n) is 1.65. The van der Waals surface area contributed by atoms with Crippen molar-refractivity contribution in [1.82, 2.24) is 0 Å². The Morgan fingerprint density at radius 1 is 1.53 bits per heavy atom. The normalized spacial score (nSPS) is 9.87. The minimum Gasteiger partial charge on any atom is -0.490 e. The van der Waals surface area contributed by atoms with E-state index in [4.69, 9.17) is 10.3 Å². The Morgan fingerprint density at radius 3 is 2.80 bits per heavy atom. The van der Waals surface area contributed by atoms with Crippen molar-refractivity contribution in [3.63, 3.8) is 0 Å². The van der Waals surface area contributed by atoms with E-state index >= 15 is 0 Å². The number of nitrogens with zero attached hydrogens (tertiary/aromatic N) is 3. The van der Waals surface area contributed by atoms with Crippen LogP contribution in [0.5, 0.6) is 5.75 Å². The lowest BCUT2D eigenvalue weighted by Gasteiger charge is -2.09. The summed E-state index contributed by atoms with van der Waals surface area (Å²) in [5, 5.41) is 3.29. The number of halogens is 1. The number of azide groups is 1. The van der Waals surface area contributed by atoms with Gasteiger partial charge in [-0.3, -0.25) is 0 Å². The smallest absolute Gasteiger partial charge is 0.165 e. The van der Waals surface area contributed by atoms with E-state index in [2.05, 4.69) is 10.0 Å². The summed E-state index contributed by atoms with van der Waals surface area (Å²) in [4.78, 5) is 2.57. The molecule has 0 spiro atoms. The van der Waals surface area contributed by atoms with Gasteiger partial charge in [0.15, 0.2) is 11.6 Å². The van der Waals surface area contributed by atoms with E-state index in [-0.39, 0.29) is 11.4 Å². The first-order chi connectivity index (χ1) is 7.13. The average Bonchev–Trinajstić information content (AvgIpc) is 2.17. The van der Waals surface area contributed by atoms with Crippen LogP contribution >= 0.6 is 0 Å². The second-order valence-electron chi connectivity index (χ2n) is 3.51. The van der Waals surface area contributed by atoms with Crippen molar-refractivity contribution in [3.8, 4) is 5.75 Å². The van der Waals surface area contributed by atoms with Crippen molar-refractivity contribution in [2.75, 3.05) is 6.61 Å². The molecule has 0 saturated carbocycles. The van der Waals surface area contributed by atoms with Crippen LogP contribution in [0.2, 0.25) is 0 Å². The Labute approximate surface area is 87.3 Å². The highest BCUT2D eigenvalue weighted by Gasteiger charge is 2.04. The van der Waals surface area contributed by atoms with Gasteiger partial charge in [0.05, 0.1) is 6.61 Å². The van der Waals surface area contributed by atoms with Gasteiger partial charge in [-0.15, -0.1) is 0 Å². The van der Waals surface area contributed by atoms with Crippen molar-refractivity contribution in [2.45, 2.75) is 13.8 Å². The number of benzene rings is 1. The summed E-state index contributed by atoms with van der Waals surface area (Å²) in [5.41, 5.74) is 8.40. The zero-order valence-corrected chi connectivity index (χ0v) is 8.64. The first kappa shape index (κ1) is 11.3. The highest BCUT2D eigenvalue weighted by Crippen LogP contribution is 2.23. The first-order valence-electron chi connectivity index (χ1n) is 4.61. The standard InChI is InChI=1S/C10H12FN3O/c1-7(2)6-15-10-4-3-8(13-14-12)5-9(10)11/h3-5,7H,6H2,1-2H3. The summed E-state index contributed by atoms with van der Waals surface area (Å²) >= 11 is 0. The molecule has 0 atom stereocenters. The molecule has 0 radical (unpaired) electrons. The second kappa shape index (κ2) is 5.22. The van der Waals surface area contributed by atoms with Crippen molar-refractivity contribution in [1.29, 1.82) is 0 Å². The van der Waals surface area contributed by atoms with E-state index in [1.807, 2.05) is 13.8 Å². The molecule has 5 heteroatoms. The van der Waals surface area contributed by atoms with Gasteiger partial charge in [-0.05, 0) is 29.6 Å². The number of hydrogen-bond donors (Lipinski definition) is 0. The van der Waals surface area contributed by atoms with Crippen LogP contribution in [0.4, 0.5) is 10.1 Å². The van der Waals surface area contributed by atoms with Gasteiger partial charge in [-0.25, -0.2) is 4.39 Å². The molecule has 1 rings (SSSR count). The Balaban J connectivity index is 2.78. The van der Waals surface area contributed by atoms with Crippen molar-refractivity contribution in [3.05, 3.63) is 34.5 Å². The molecular weight excluding hydrogens is 197 g/mol. The van der Waals surface area contributed by atoms with E-state index < -0.39 is 5.82 Å². The molecule has 0 aliphatic carbocycles. The minimum absolute atomic E-state index is 0.181. The number of rotatable bonds is 4. The predicted molar refractivity (Wildman–Crippen MR) is 55.5 cm³/mol. The molecule has 0 bridgehead atoms. The third-order valence-corrected chi connectivity index (χ3v) is 1.65. The summed E-state index contributed by atoms with van der Waals surface area (Å²) in [5.74, 6) is 0.00217. The van der Waals surface area contributed by atoms with E-state index in [9.17, 15) is 4.39 Å². The minimum atomic E-state index is -0.513. The monoisotopic (exact) mass is 209 g/mol. The molecule has 0 saturated heterocycles. The topological polar surface area (TPSA) is 58.0 Å². The van der Waals surface area contributed by atoms with Crippen molar-refractivity contribution >= 4 is 5.69 Å². The lowest BCUT2D eigenvalue weighted by Crippen LogP contribution is -2.05. The van der Waals surface area contributed by atoms with E-state index in [1.54, 1.807) is 0 Å². The van der Waals surface area contributed by atoms with Gasteiger partial charge >= 0.3 is 0 Å². The molecule has 0 fully saturated rings. The van der Waals surface area contributed by atoms with Crippen LogP contribution in [0.25, 0.3) is 10.4 Å². The quantitative estimate of drug-likeness (QED) is 0.422. The Kier molecular flexibility index (Phi) is 3.94. The largest absolute Gasteiger partial charge is 0.490 e. The van der Waals surface area contributed by atoms with Crippen LogP contribution in [0.1, 0.15) is 13.8 Å². The zero-order chi connectivity index (χ0) is 11.3. The maximum atomic E-state index is 13.3. The van der Waals surface area contributed by atoms with E-state index in [1.165, 1.54) is 12.1 Å². The van der Waals surface area contributed by atoms with Crippen molar-refractivity contribution in [2.24, 2.45) is 11.0 Å². The van der Waals surface area contributed by atoms with Crippen LogP contribution in [0.15, 0.2) is 23.3 Å². The lowest BCUT2D eigenvalue weighted by atomic mass is 10.2. The molecule has 0 unspecified atom stereocenters. The molecule has 80 valence electrons. The molecule has 15 heavy (non-hydrogen) atoms. The first-order valence-corrected chi connectivity index (χ1v) is 4.61. The van der Waals surface area contributed by atoms with Gasteiger partial charge in [0.2, 0.25) is 0 Å². The molecule has 0 aromatic heterocycles. The van der Waals surface area contributed by atoms with Crippen LogP contribution in [-0.4, -0.2) is 6.61 Å². The lowest BCUT2D eigenvalue weighted by molar-refractivity contribution is 0.259. The number of hydrogen-bond acceptors (Lipinski definition) is 2. The highest BCUT2D eigenvalue weighted by atomic mass is 19.1. The molecule has 0 heterocycles. The fourth-order valence-corrected chi connectivity index (χ4v) is 0.977. The second-order valence-corrected chi connectivity index (χ2v) is 3.51. The Bertz CT molecular complexity index is 386. The fraction of sp³-hybridized carbons (Fsp3) is 0.400. The van der Waals surface area contributed by atoms with E-state index in [0.717, 1.165) is 6.07 Å². The van der Waals surface area contributed by atoms with Gasteiger partial charge in [-0.2, -0.15) is 0 Å². The molecule has 0 aliphatic rings. The maximum Gasteiger partial charge on any atom is 0.165 e. The molecule has 0 N–H and O–H groups in total. The zero-order valence-electron chi connectivity index (χ0n) is 8.64. The fourth-order valence-electron chi connectivity index (χ4n) is 0.977. The molecule has 1 aromatic carbocycles. The molecule has 1 aromatic rings. The summed E-state index contributed by atoms with van der Waals surface area (Å²) in [6, 6.07) is 4.12. The molecule has 0 amide bonds. The van der Waals surface area contributed by atoms with Crippen molar-refractivity contribution < 1.29 is 9.13 Å². The molecule has 0 aliphatic heterocycles. The molecular formula is C10H12FN3O. The third kappa shape index (κ3) is 3.48. The maximum absolute atomic E-state index is 13.3. The predicted octanol–water partition coefficient (Wildman–Crippen LogP) is 3.80. The van der Waals surface area contributed by atoms with Gasteiger partial charge in [0.25, 0.3) is 0 Å². The van der Waals surface area contributed by atoms with Gasteiger partial charge in [0.1, 0.15) is 0 Å². The van der Waals surface area contributed by atoms with Crippen LogP contribution in [-0.2, 0) is 0 Å². The average molecular weight is 209 g/mol. The summed E-state index contributed by atoms with van der Waals surface area (Å²) in [6.07, 6.45) is 0. The van der Waals surface area contributed by atoms with E-state index in [0.29, 0.717) is 12.5 Å². The van der Waals surface area contributed by atoms with Crippen LogP contribution in [0, 0.1) is 11.7 Å². The molecule has 4 nitrogen and oxygen atoms in total. The number of ether oxygens (including phenoxy) is 1. The van der Waals surface area contributed by atoms with Crippen LogP contribution in [0.3, 0.4) is 0 Å². The van der Waals surface area contributed by atoms with Gasteiger partial charge in [0, 0.05) is 10.6 Å². The summed E-state index contributed by atoms with van der Waals surface area (Å²) in [7, 11) is 0. The van der Waals surface area contributed by atoms with Gasteiger partial charge in [-0.1, -0.05) is 19.0 Å². The van der Waals surface area contributed by atoms with Gasteiger partial charge < -0.3 is 4.74 Å². The summed E-state index contributed by atoms with van der Waals surface area (Å²) in [6.45, 7) is 4.41. The SMILES string of the molecule is CC(C)COc1ccc(N=[N+]=[N-])cc1F. The Hall–Kier alpha value is -1.74. The van der Waals surface area contributed by atoms with Crippen LogP contribution < -0.4 is 4.74 Å². The Morgan fingerprint density at radius 2 is 2.27 bits per heavy atom.